The van der Waals surface area contributed by atoms with E-state index in [1.807, 2.05) is 36.4 Å². The zero-order valence-electron chi connectivity index (χ0n) is 8.85. The third kappa shape index (κ3) is 6.07. The van der Waals surface area contributed by atoms with E-state index in [-0.39, 0.29) is 0 Å². The van der Waals surface area contributed by atoms with E-state index < -0.39 is 18.1 Å². The topological polar surface area (TPSA) is 17.1 Å². The molecular formula is C11H8F6O. The second-order valence-corrected chi connectivity index (χ2v) is 2.94. The van der Waals surface area contributed by atoms with Crippen molar-refractivity contribution in [2.75, 3.05) is 0 Å². The highest BCUT2D eigenvalue weighted by molar-refractivity contribution is 5.89. The summed E-state index contributed by atoms with van der Waals surface area (Å²) < 4.78 is 65.3. The van der Waals surface area contributed by atoms with Gasteiger partial charge >= 0.3 is 18.1 Å². The minimum Gasteiger partial charge on any atom is -0.279 e. The van der Waals surface area contributed by atoms with E-state index in [1.54, 1.807) is 0 Å². The van der Waals surface area contributed by atoms with Crippen LogP contribution in [-0.2, 0) is 4.79 Å². The number of hydrogen-bond donors (Lipinski definition) is 0. The van der Waals surface area contributed by atoms with Crippen molar-refractivity contribution in [1.29, 1.82) is 0 Å². The average molecular weight is 270 g/mol. The summed E-state index contributed by atoms with van der Waals surface area (Å²) in [6.45, 7) is 3.63. The molecule has 0 saturated heterocycles. The van der Waals surface area contributed by atoms with E-state index in [0.717, 1.165) is 0 Å². The molecule has 0 aliphatic heterocycles. The van der Waals surface area contributed by atoms with E-state index in [2.05, 4.69) is 6.58 Å². The molecule has 0 spiro atoms. The lowest BCUT2D eigenvalue weighted by molar-refractivity contribution is -0.217. The number of carbonyl (C=O) groups is 1. The van der Waals surface area contributed by atoms with Crippen LogP contribution in [-0.4, -0.2) is 18.1 Å². The summed E-state index contributed by atoms with van der Waals surface area (Å²) in [7, 11) is 0. The largest absolute Gasteiger partial charge is 0.459 e. The normalized spacial score (nSPS) is 11.2. The second-order valence-electron chi connectivity index (χ2n) is 2.94. The van der Waals surface area contributed by atoms with E-state index in [0.29, 0.717) is 0 Å². The maximum atomic E-state index is 10.9. The summed E-state index contributed by atoms with van der Waals surface area (Å²) >= 11 is 0. The number of hydrogen-bond acceptors (Lipinski definition) is 1. The van der Waals surface area contributed by atoms with Crippen LogP contribution in [0.3, 0.4) is 0 Å². The van der Waals surface area contributed by atoms with E-state index >= 15 is 0 Å². The molecule has 0 N–H and O–H groups in total. The maximum Gasteiger partial charge on any atom is 0.459 e. The Morgan fingerprint density at radius 3 is 1.50 bits per heavy atom. The monoisotopic (exact) mass is 270 g/mol. The molecule has 1 aromatic carbocycles. The van der Waals surface area contributed by atoms with Crippen LogP contribution >= 0.6 is 0 Å². The van der Waals surface area contributed by atoms with Gasteiger partial charge in [-0.15, -0.1) is 0 Å². The highest BCUT2D eigenvalue weighted by Gasteiger charge is 2.55. The lowest BCUT2D eigenvalue weighted by Gasteiger charge is -2.06. The third-order valence-electron chi connectivity index (χ3n) is 1.55. The van der Waals surface area contributed by atoms with Crippen molar-refractivity contribution in [2.24, 2.45) is 0 Å². The smallest absolute Gasteiger partial charge is 0.279 e. The van der Waals surface area contributed by atoms with Crippen molar-refractivity contribution in [2.45, 2.75) is 12.4 Å². The van der Waals surface area contributed by atoms with Gasteiger partial charge in [-0.2, -0.15) is 26.3 Å². The first kappa shape index (κ1) is 16.2. The minimum atomic E-state index is -5.82. The standard InChI is InChI=1S/C8H8.C3F6O/c1-2-8-6-4-3-5-7-8;4-2(5,6)1(10)3(7,8)9/h2-7H,1H2;. The van der Waals surface area contributed by atoms with Gasteiger partial charge in [0.1, 0.15) is 0 Å². The Labute approximate surface area is 98.7 Å². The molecule has 0 fully saturated rings. The number of carbonyl (C=O) groups excluding carboxylic acids is 1. The van der Waals surface area contributed by atoms with Crippen LogP contribution in [0.5, 0.6) is 0 Å². The zero-order chi connectivity index (χ0) is 14.4. The van der Waals surface area contributed by atoms with E-state index in [4.69, 9.17) is 0 Å². The molecule has 0 saturated carbocycles. The number of benzene rings is 1. The van der Waals surface area contributed by atoms with Crippen molar-refractivity contribution >= 4 is 11.9 Å². The van der Waals surface area contributed by atoms with Crippen molar-refractivity contribution in [3.63, 3.8) is 0 Å². The van der Waals surface area contributed by atoms with Crippen LogP contribution in [0.15, 0.2) is 36.9 Å². The highest BCUT2D eigenvalue weighted by atomic mass is 19.4. The van der Waals surface area contributed by atoms with Crippen LogP contribution in [0.1, 0.15) is 5.56 Å². The van der Waals surface area contributed by atoms with Gasteiger partial charge in [0.25, 0.3) is 0 Å². The Morgan fingerprint density at radius 2 is 1.33 bits per heavy atom. The summed E-state index contributed by atoms with van der Waals surface area (Å²) in [4.78, 5) is 9.24. The lowest BCUT2D eigenvalue weighted by atomic mass is 10.2. The number of Topliss-reactive ketones (excluding diaryl/α,β-unsaturated/α-hetero) is 1. The highest BCUT2D eigenvalue weighted by Crippen LogP contribution is 2.28. The fourth-order valence-corrected chi connectivity index (χ4v) is 0.750. The first-order valence-electron chi connectivity index (χ1n) is 4.45. The number of alkyl halides is 6. The molecule has 0 aliphatic rings. The fourth-order valence-electron chi connectivity index (χ4n) is 0.750. The van der Waals surface area contributed by atoms with Gasteiger partial charge < -0.3 is 0 Å². The molecule has 0 bridgehead atoms. The van der Waals surface area contributed by atoms with Crippen LogP contribution in [0.25, 0.3) is 6.08 Å². The summed E-state index contributed by atoms with van der Waals surface area (Å²) in [6, 6.07) is 10.0. The first-order valence-corrected chi connectivity index (χ1v) is 4.45. The Morgan fingerprint density at radius 1 is 0.944 bits per heavy atom. The number of halogens is 6. The van der Waals surface area contributed by atoms with Gasteiger partial charge in [-0.1, -0.05) is 43.0 Å². The molecule has 100 valence electrons. The summed E-state index contributed by atoms with van der Waals surface area (Å²) in [5.74, 6) is -3.68. The van der Waals surface area contributed by atoms with Crippen LogP contribution < -0.4 is 0 Å². The summed E-state index contributed by atoms with van der Waals surface area (Å²) in [5.41, 5.74) is 1.17. The van der Waals surface area contributed by atoms with Gasteiger partial charge in [-0.3, -0.25) is 4.79 Å². The van der Waals surface area contributed by atoms with Gasteiger partial charge in [0.05, 0.1) is 0 Å². The molecule has 0 radical (unpaired) electrons. The quantitative estimate of drug-likeness (QED) is 0.705. The fraction of sp³-hybridized carbons (Fsp3) is 0.182. The molecular weight excluding hydrogens is 262 g/mol. The summed E-state index contributed by atoms with van der Waals surface area (Å²) in [6.07, 6.45) is -9.81. The van der Waals surface area contributed by atoms with Crippen molar-refractivity contribution in [3.05, 3.63) is 42.5 Å². The molecule has 0 unspecified atom stereocenters. The number of rotatable bonds is 1. The molecule has 0 aromatic heterocycles. The van der Waals surface area contributed by atoms with Gasteiger partial charge in [-0.25, -0.2) is 0 Å². The molecule has 1 rings (SSSR count). The van der Waals surface area contributed by atoms with Gasteiger partial charge in [0.15, 0.2) is 0 Å². The molecule has 0 amide bonds. The number of ketones is 1. The van der Waals surface area contributed by atoms with Gasteiger partial charge in [0, 0.05) is 0 Å². The van der Waals surface area contributed by atoms with Crippen LogP contribution in [0.2, 0.25) is 0 Å². The van der Waals surface area contributed by atoms with E-state index in [1.165, 1.54) is 5.56 Å². The predicted molar refractivity (Wildman–Crippen MR) is 53.7 cm³/mol. The third-order valence-corrected chi connectivity index (χ3v) is 1.55. The zero-order valence-corrected chi connectivity index (χ0v) is 8.85. The van der Waals surface area contributed by atoms with Crippen molar-refractivity contribution in [3.8, 4) is 0 Å². The SMILES string of the molecule is C=Cc1ccccc1.O=C(C(F)(F)F)C(F)(F)F. The van der Waals surface area contributed by atoms with Gasteiger partial charge in [0.2, 0.25) is 0 Å². The Balaban J connectivity index is 0.000000327. The predicted octanol–water partition coefficient (Wildman–Crippen LogP) is 4.01. The Kier molecular flexibility index (Phi) is 5.61. The molecule has 0 aliphatic carbocycles. The molecule has 7 heteroatoms. The van der Waals surface area contributed by atoms with Crippen LogP contribution in [0, 0.1) is 0 Å². The van der Waals surface area contributed by atoms with Crippen LogP contribution in [0.4, 0.5) is 26.3 Å². The average Bonchev–Trinajstić information content (AvgIpc) is 2.27. The molecule has 0 atom stereocenters. The second kappa shape index (κ2) is 6.23. The first-order chi connectivity index (χ1) is 8.09. The summed E-state index contributed by atoms with van der Waals surface area (Å²) in [5, 5.41) is 0. The Bertz CT molecular complexity index is 374. The molecule has 1 nitrogen and oxygen atoms in total. The minimum absolute atomic E-state index is 1.17. The van der Waals surface area contributed by atoms with Crippen molar-refractivity contribution < 1.29 is 31.1 Å². The maximum absolute atomic E-state index is 10.9. The van der Waals surface area contributed by atoms with Crippen molar-refractivity contribution in [1.82, 2.24) is 0 Å². The van der Waals surface area contributed by atoms with E-state index in [9.17, 15) is 31.1 Å². The molecule has 0 heterocycles. The molecule has 18 heavy (non-hydrogen) atoms. The lowest BCUT2D eigenvalue weighted by Crippen LogP contribution is -2.36. The van der Waals surface area contributed by atoms with Gasteiger partial charge in [-0.05, 0) is 5.56 Å². The Hall–Kier alpha value is -1.79. The molecule has 1 aromatic rings.